The van der Waals surface area contributed by atoms with Gasteiger partial charge in [0.05, 0.1) is 10.6 Å². The molecule has 4 nitrogen and oxygen atoms in total. The van der Waals surface area contributed by atoms with Gasteiger partial charge in [0, 0.05) is 6.26 Å². The fraction of sp³-hybridized carbons (Fsp3) is 0.143. The Labute approximate surface area is 71.3 Å². The van der Waals surface area contributed by atoms with Gasteiger partial charge in [0.25, 0.3) is 0 Å². The van der Waals surface area contributed by atoms with Crippen molar-refractivity contribution in [2.45, 2.75) is 4.90 Å². The summed E-state index contributed by atoms with van der Waals surface area (Å²) in [6.07, 6.45) is 1.14. The number of para-hydroxylation sites is 1. The number of nitrogens with two attached hydrogens (primary N) is 1. The quantitative estimate of drug-likeness (QED) is 0.517. The van der Waals surface area contributed by atoms with E-state index in [1.54, 1.807) is 18.2 Å². The summed E-state index contributed by atoms with van der Waals surface area (Å²) in [4.78, 5) is 0.215. The van der Waals surface area contributed by atoms with Crippen molar-refractivity contribution in [1.82, 2.24) is 0 Å². The van der Waals surface area contributed by atoms with Gasteiger partial charge in [-0.2, -0.15) is 0 Å². The van der Waals surface area contributed by atoms with Crippen LogP contribution in [0.2, 0.25) is 0 Å². The second kappa shape index (κ2) is 3.12. The number of hydrazine groups is 1. The lowest BCUT2D eigenvalue weighted by molar-refractivity contribution is 0.602. The third kappa shape index (κ3) is 1.75. The summed E-state index contributed by atoms with van der Waals surface area (Å²) in [6.45, 7) is 0. The van der Waals surface area contributed by atoms with Gasteiger partial charge in [-0.05, 0) is 12.1 Å². The van der Waals surface area contributed by atoms with Gasteiger partial charge in [0.2, 0.25) is 0 Å². The minimum Gasteiger partial charge on any atom is -0.323 e. The van der Waals surface area contributed by atoms with Crippen molar-refractivity contribution < 1.29 is 8.42 Å². The summed E-state index contributed by atoms with van der Waals surface area (Å²) in [6, 6.07) is 6.47. The molecule has 5 heteroatoms. The van der Waals surface area contributed by atoms with Crippen molar-refractivity contribution in [2.75, 3.05) is 11.7 Å². The molecule has 12 heavy (non-hydrogen) atoms. The molecule has 0 atom stereocenters. The van der Waals surface area contributed by atoms with Gasteiger partial charge in [-0.15, -0.1) is 0 Å². The first-order valence-corrected chi connectivity index (χ1v) is 5.20. The molecule has 0 heterocycles. The van der Waals surface area contributed by atoms with E-state index in [4.69, 9.17) is 5.84 Å². The first-order valence-electron chi connectivity index (χ1n) is 3.31. The van der Waals surface area contributed by atoms with Crippen LogP contribution in [0.25, 0.3) is 0 Å². The number of nitrogens with one attached hydrogen (secondary N) is 1. The molecule has 0 fully saturated rings. The van der Waals surface area contributed by atoms with Gasteiger partial charge < -0.3 is 5.43 Å². The highest BCUT2D eigenvalue weighted by Crippen LogP contribution is 2.18. The Kier molecular flexibility index (Phi) is 2.35. The number of nitrogen functional groups attached to an aromatic ring is 1. The second-order valence-electron chi connectivity index (χ2n) is 2.41. The van der Waals surface area contributed by atoms with Crippen LogP contribution in [-0.2, 0) is 9.84 Å². The minimum absolute atomic E-state index is 0.215. The Bertz CT molecular complexity index is 373. The summed E-state index contributed by atoms with van der Waals surface area (Å²) in [5.74, 6) is 5.13. The van der Waals surface area contributed by atoms with Crippen molar-refractivity contribution in [3.05, 3.63) is 24.3 Å². The monoisotopic (exact) mass is 186 g/mol. The number of hydrogen-bond donors (Lipinski definition) is 2. The molecule has 66 valence electrons. The van der Waals surface area contributed by atoms with Crippen LogP contribution in [0.4, 0.5) is 5.69 Å². The molecule has 1 rings (SSSR count). The third-order valence-electron chi connectivity index (χ3n) is 1.44. The van der Waals surface area contributed by atoms with E-state index in [9.17, 15) is 8.42 Å². The fourth-order valence-corrected chi connectivity index (χ4v) is 1.76. The molecule has 1 aromatic rings. The zero-order valence-electron chi connectivity index (χ0n) is 6.61. The van der Waals surface area contributed by atoms with E-state index in [0.717, 1.165) is 6.26 Å². The zero-order valence-corrected chi connectivity index (χ0v) is 7.43. The molecule has 0 aliphatic rings. The summed E-state index contributed by atoms with van der Waals surface area (Å²) in [7, 11) is -3.19. The van der Waals surface area contributed by atoms with Gasteiger partial charge in [-0.1, -0.05) is 12.1 Å². The van der Waals surface area contributed by atoms with E-state index >= 15 is 0 Å². The molecule has 0 aliphatic heterocycles. The van der Waals surface area contributed by atoms with Crippen LogP contribution in [0.5, 0.6) is 0 Å². The highest BCUT2D eigenvalue weighted by molar-refractivity contribution is 7.90. The van der Waals surface area contributed by atoms with Gasteiger partial charge in [-0.3, -0.25) is 5.84 Å². The highest BCUT2D eigenvalue weighted by atomic mass is 32.2. The Morgan fingerprint density at radius 1 is 1.33 bits per heavy atom. The molecule has 0 saturated heterocycles. The standard InChI is InChI=1S/C7H10N2O2S/c1-12(10,11)7-5-3-2-4-6(7)9-8/h2-5,9H,8H2,1H3. The topological polar surface area (TPSA) is 72.2 Å². The molecule has 0 bridgehead atoms. The Morgan fingerprint density at radius 2 is 1.92 bits per heavy atom. The third-order valence-corrected chi connectivity index (χ3v) is 2.60. The Hall–Kier alpha value is -1.07. The number of benzene rings is 1. The molecule has 0 aliphatic carbocycles. The van der Waals surface area contributed by atoms with E-state index in [2.05, 4.69) is 5.43 Å². The van der Waals surface area contributed by atoms with Crippen molar-refractivity contribution in [3.63, 3.8) is 0 Å². The molecule has 0 unspecified atom stereocenters. The average Bonchev–Trinajstić information content (AvgIpc) is 2.03. The van der Waals surface area contributed by atoms with Crippen molar-refractivity contribution >= 4 is 15.5 Å². The zero-order chi connectivity index (χ0) is 9.19. The molecule has 1 aromatic carbocycles. The molecule has 0 aromatic heterocycles. The van der Waals surface area contributed by atoms with Crippen molar-refractivity contribution in [3.8, 4) is 0 Å². The van der Waals surface area contributed by atoms with Gasteiger partial charge in [-0.25, -0.2) is 8.42 Å². The van der Waals surface area contributed by atoms with E-state index in [1.165, 1.54) is 6.07 Å². The van der Waals surface area contributed by atoms with Crippen molar-refractivity contribution in [1.29, 1.82) is 0 Å². The number of rotatable bonds is 2. The number of hydrogen-bond acceptors (Lipinski definition) is 4. The SMILES string of the molecule is CS(=O)(=O)c1ccccc1NN. The number of sulfone groups is 1. The lowest BCUT2D eigenvalue weighted by Gasteiger charge is -2.05. The molecule has 0 spiro atoms. The van der Waals surface area contributed by atoms with Crippen LogP contribution in [0, 0.1) is 0 Å². The highest BCUT2D eigenvalue weighted by Gasteiger charge is 2.10. The normalized spacial score (nSPS) is 11.2. The predicted octanol–water partition coefficient (Wildman–Crippen LogP) is 0.376. The smallest absolute Gasteiger partial charge is 0.177 e. The van der Waals surface area contributed by atoms with Gasteiger partial charge in [0.1, 0.15) is 0 Å². The van der Waals surface area contributed by atoms with Gasteiger partial charge in [0.15, 0.2) is 9.84 Å². The lowest BCUT2D eigenvalue weighted by Crippen LogP contribution is -2.11. The molecular weight excluding hydrogens is 176 g/mol. The second-order valence-corrected chi connectivity index (χ2v) is 4.40. The van der Waals surface area contributed by atoms with Gasteiger partial charge >= 0.3 is 0 Å². The van der Waals surface area contributed by atoms with E-state index in [0.29, 0.717) is 5.69 Å². The maximum absolute atomic E-state index is 11.1. The van der Waals surface area contributed by atoms with Crippen molar-refractivity contribution in [2.24, 2.45) is 5.84 Å². The van der Waals surface area contributed by atoms with Crippen LogP contribution in [-0.4, -0.2) is 14.7 Å². The maximum atomic E-state index is 11.1. The van der Waals surface area contributed by atoms with Crippen LogP contribution in [0.1, 0.15) is 0 Å². The predicted molar refractivity (Wildman–Crippen MR) is 47.4 cm³/mol. The first kappa shape index (κ1) is 9.02. The Balaban J connectivity index is 3.33. The van der Waals surface area contributed by atoms with Crippen LogP contribution in [0.3, 0.4) is 0 Å². The molecule has 3 N–H and O–H groups in total. The molecule has 0 saturated carbocycles. The lowest BCUT2D eigenvalue weighted by atomic mass is 10.3. The maximum Gasteiger partial charge on any atom is 0.177 e. The molecule has 0 amide bonds. The summed E-state index contributed by atoms with van der Waals surface area (Å²) < 4.78 is 22.2. The molecule has 0 radical (unpaired) electrons. The fourth-order valence-electron chi connectivity index (χ4n) is 0.909. The number of anilines is 1. The average molecular weight is 186 g/mol. The molecular formula is C7H10N2O2S. The minimum atomic E-state index is -3.19. The van der Waals surface area contributed by atoms with E-state index in [1.807, 2.05) is 0 Å². The van der Waals surface area contributed by atoms with Crippen LogP contribution < -0.4 is 11.3 Å². The van der Waals surface area contributed by atoms with E-state index in [-0.39, 0.29) is 4.90 Å². The van der Waals surface area contributed by atoms with E-state index < -0.39 is 9.84 Å². The van der Waals surface area contributed by atoms with Crippen LogP contribution >= 0.6 is 0 Å². The Morgan fingerprint density at radius 3 is 2.33 bits per heavy atom. The first-order chi connectivity index (χ1) is 5.55. The summed E-state index contributed by atoms with van der Waals surface area (Å²) >= 11 is 0. The summed E-state index contributed by atoms with van der Waals surface area (Å²) in [5, 5.41) is 0. The van der Waals surface area contributed by atoms with Crippen LogP contribution in [0.15, 0.2) is 29.2 Å². The summed E-state index contributed by atoms with van der Waals surface area (Å²) in [5.41, 5.74) is 2.74. The largest absolute Gasteiger partial charge is 0.323 e.